The zero-order valence-corrected chi connectivity index (χ0v) is 7.39. The molecule has 2 amide bonds. The monoisotopic (exact) mass is 186 g/mol. The molecule has 0 aromatic carbocycles. The van der Waals surface area contributed by atoms with Crippen LogP contribution in [0.2, 0.25) is 0 Å². The lowest BCUT2D eigenvalue weighted by atomic mass is 10.0. The molecule has 2 saturated heterocycles. The molecule has 4 nitrogen and oxygen atoms in total. The lowest BCUT2D eigenvalue weighted by molar-refractivity contribution is -0.125. The third-order valence-corrected chi connectivity index (χ3v) is 3.01. The molecule has 2 rings (SSSR count). The molecule has 2 fully saturated rings. The number of carbonyl (C=O) groups is 2. The van der Waals surface area contributed by atoms with Gasteiger partial charge in [-0.15, -0.1) is 0 Å². The Kier molecular flexibility index (Phi) is 2.06. The number of hydrogen-bond donors (Lipinski definition) is 1. The average Bonchev–Trinajstić information content (AvgIpc) is 2.25. The van der Waals surface area contributed by atoms with Gasteiger partial charge in [-0.05, 0) is 0 Å². The van der Waals surface area contributed by atoms with Crippen molar-refractivity contribution in [1.29, 1.82) is 0 Å². The molecule has 0 aromatic rings. The summed E-state index contributed by atoms with van der Waals surface area (Å²) in [5.74, 6) is 0.785. The van der Waals surface area contributed by atoms with E-state index < -0.39 is 0 Å². The van der Waals surface area contributed by atoms with Gasteiger partial charge in [-0.1, -0.05) is 11.8 Å². The van der Waals surface area contributed by atoms with Crippen LogP contribution in [0.1, 0.15) is 0 Å². The number of nitrogens with zero attached hydrogens (tertiary/aromatic N) is 1. The van der Waals surface area contributed by atoms with E-state index in [-0.39, 0.29) is 11.1 Å². The Morgan fingerprint density at radius 1 is 1.50 bits per heavy atom. The van der Waals surface area contributed by atoms with Crippen molar-refractivity contribution in [2.24, 2.45) is 5.92 Å². The Bertz CT molecular complexity index is 211. The van der Waals surface area contributed by atoms with E-state index >= 15 is 0 Å². The molecular formula is C7H10N2O2S. The van der Waals surface area contributed by atoms with Gasteiger partial charge in [0.15, 0.2) is 0 Å². The van der Waals surface area contributed by atoms with Crippen molar-refractivity contribution in [1.82, 2.24) is 10.2 Å². The highest BCUT2D eigenvalue weighted by Gasteiger charge is 2.33. The molecule has 0 aliphatic carbocycles. The van der Waals surface area contributed by atoms with Gasteiger partial charge in [-0.25, -0.2) is 0 Å². The van der Waals surface area contributed by atoms with Gasteiger partial charge in [0, 0.05) is 25.6 Å². The number of thioether (sulfide) groups is 1. The summed E-state index contributed by atoms with van der Waals surface area (Å²) in [6.45, 7) is 2.47. The molecule has 0 aromatic heterocycles. The van der Waals surface area contributed by atoms with Gasteiger partial charge >= 0.3 is 0 Å². The summed E-state index contributed by atoms with van der Waals surface area (Å²) in [5.41, 5.74) is 0. The van der Waals surface area contributed by atoms with Crippen LogP contribution in [0.5, 0.6) is 0 Å². The Labute approximate surface area is 74.7 Å². The molecule has 0 bridgehead atoms. The van der Waals surface area contributed by atoms with E-state index in [1.165, 1.54) is 4.90 Å². The van der Waals surface area contributed by atoms with Crippen LogP contribution in [-0.4, -0.2) is 41.4 Å². The highest BCUT2D eigenvalue weighted by Crippen LogP contribution is 2.20. The Morgan fingerprint density at radius 3 is 2.67 bits per heavy atom. The minimum absolute atomic E-state index is 0.0306. The van der Waals surface area contributed by atoms with Crippen LogP contribution in [0.25, 0.3) is 0 Å². The maximum atomic E-state index is 11.1. The zero-order valence-electron chi connectivity index (χ0n) is 6.58. The van der Waals surface area contributed by atoms with Crippen LogP contribution >= 0.6 is 11.8 Å². The van der Waals surface area contributed by atoms with Crippen LogP contribution in [0.15, 0.2) is 0 Å². The Morgan fingerprint density at radius 2 is 2.25 bits per heavy atom. The van der Waals surface area contributed by atoms with Crippen LogP contribution in [0.3, 0.4) is 0 Å². The van der Waals surface area contributed by atoms with E-state index in [0.29, 0.717) is 18.2 Å². The first-order valence-corrected chi connectivity index (χ1v) is 4.94. The molecule has 0 atom stereocenters. The summed E-state index contributed by atoms with van der Waals surface area (Å²) >= 11 is 1.11. The van der Waals surface area contributed by atoms with Crippen molar-refractivity contribution in [2.75, 3.05) is 25.4 Å². The maximum Gasteiger partial charge on any atom is 0.288 e. The normalized spacial score (nSPS) is 24.8. The van der Waals surface area contributed by atoms with Gasteiger partial charge in [0.1, 0.15) is 0 Å². The SMILES string of the molecule is O=C1CSC(=O)N1CC1CNC1. The lowest BCUT2D eigenvalue weighted by Gasteiger charge is -2.29. The van der Waals surface area contributed by atoms with Gasteiger partial charge in [0.05, 0.1) is 5.75 Å². The van der Waals surface area contributed by atoms with E-state index in [4.69, 9.17) is 0 Å². The molecule has 0 saturated carbocycles. The topological polar surface area (TPSA) is 49.4 Å². The second kappa shape index (κ2) is 3.06. The van der Waals surface area contributed by atoms with Crippen molar-refractivity contribution in [3.63, 3.8) is 0 Å². The van der Waals surface area contributed by atoms with E-state index in [1.54, 1.807) is 0 Å². The third kappa shape index (κ3) is 1.34. The largest absolute Gasteiger partial charge is 0.316 e. The Balaban J connectivity index is 1.92. The summed E-state index contributed by atoms with van der Waals surface area (Å²) < 4.78 is 0. The van der Waals surface area contributed by atoms with E-state index in [0.717, 1.165) is 24.9 Å². The van der Waals surface area contributed by atoms with Gasteiger partial charge in [0.2, 0.25) is 5.91 Å². The summed E-state index contributed by atoms with van der Waals surface area (Å²) in [7, 11) is 0. The minimum atomic E-state index is -0.0769. The van der Waals surface area contributed by atoms with Gasteiger partial charge < -0.3 is 5.32 Å². The minimum Gasteiger partial charge on any atom is -0.316 e. The summed E-state index contributed by atoms with van der Waals surface area (Å²) in [6.07, 6.45) is 0. The molecule has 2 aliphatic rings. The number of carbonyl (C=O) groups excluding carboxylic acids is 2. The van der Waals surface area contributed by atoms with Gasteiger partial charge in [0.25, 0.3) is 5.24 Å². The predicted molar refractivity (Wildman–Crippen MR) is 45.9 cm³/mol. The quantitative estimate of drug-likeness (QED) is 0.654. The third-order valence-electron chi connectivity index (χ3n) is 2.15. The number of imide groups is 1. The van der Waals surface area contributed by atoms with E-state index in [1.807, 2.05) is 0 Å². The lowest BCUT2D eigenvalue weighted by Crippen LogP contribution is -2.49. The van der Waals surface area contributed by atoms with Crippen molar-refractivity contribution in [3.05, 3.63) is 0 Å². The van der Waals surface area contributed by atoms with Crippen molar-refractivity contribution >= 4 is 22.9 Å². The molecule has 0 unspecified atom stereocenters. The van der Waals surface area contributed by atoms with E-state index in [9.17, 15) is 9.59 Å². The van der Waals surface area contributed by atoms with Crippen molar-refractivity contribution in [3.8, 4) is 0 Å². The first-order chi connectivity index (χ1) is 5.77. The van der Waals surface area contributed by atoms with Crippen molar-refractivity contribution in [2.45, 2.75) is 0 Å². The van der Waals surface area contributed by atoms with Crippen LogP contribution < -0.4 is 5.32 Å². The van der Waals surface area contributed by atoms with Crippen LogP contribution in [0.4, 0.5) is 4.79 Å². The molecule has 1 N–H and O–H groups in total. The Hall–Kier alpha value is -0.550. The second-order valence-corrected chi connectivity index (χ2v) is 4.01. The summed E-state index contributed by atoms with van der Waals surface area (Å²) in [6, 6.07) is 0. The van der Waals surface area contributed by atoms with Crippen molar-refractivity contribution < 1.29 is 9.59 Å². The highest BCUT2D eigenvalue weighted by molar-refractivity contribution is 8.14. The van der Waals surface area contributed by atoms with Gasteiger partial charge in [-0.3, -0.25) is 14.5 Å². The summed E-state index contributed by atoms with van der Waals surface area (Å²) in [4.78, 5) is 23.6. The molecule has 2 aliphatic heterocycles. The smallest absolute Gasteiger partial charge is 0.288 e. The molecule has 2 heterocycles. The number of hydrogen-bond acceptors (Lipinski definition) is 4. The van der Waals surface area contributed by atoms with Crippen LogP contribution in [-0.2, 0) is 4.79 Å². The highest BCUT2D eigenvalue weighted by atomic mass is 32.2. The molecule has 12 heavy (non-hydrogen) atoms. The number of amides is 2. The molecule has 0 radical (unpaired) electrons. The van der Waals surface area contributed by atoms with Gasteiger partial charge in [-0.2, -0.15) is 0 Å². The first kappa shape index (κ1) is 8.07. The van der Waals surface area contributed by atoms with Crippen LogP contribution in [0, 0.1) is 5.92 Å². The van der Waals surface area contributed by atoms with E-state index in [2.05, 4.69) is 5.32 Å². The maximum absolute atomic E-state index is 11.1. The molecular weight excluding hydrogens is 176 g/mol. The fourth-order valence-corrected chi connectivity index (χ4v) is 2.03. The second-order valence-electron chi connectivity index (χ2n) is 3.08. The first-order valence-electron chi connectivity index (χ1n) is 3.95. The molecule has 66 valence electrons. The number of rotatable bonds is 2. The fraction of sp³-hybridized carbons (Fsp3) is 0.714. The fourth-order valence-electron chi connectivity index (χ4n) is 1.29. The summed E-state index contributed by atoms with van der Waals surface area (Å²) in [5, 5.41) is 3.03. The zero-order chi connectivity index (χ0) is 8.55. The average molecular weight is 186 g/mol. The standard InChI is InChI=1S/C7H10N2O2S/c10-6-4-12-7(11)9(6)3-5-1-8-2-5/h5,8H,1-4H2. The molecule has 0 spiro atoms. The predicted octanol–water partition coefficient (Wildman–Crippen LogP) is -0.0988. The molecule has 5 heteroatoms. The number of nitrogens with one attached hydrogen (secondary N) is 1.